The predicted molar refractivity (Wildman–Crippen MR) is 60.0 cm³/mol. The Morgan fingerprint density at radius 1 is 1.44 bits per heavy atom. The van der Waals surface area contributed by atoms with Gasteiger partial charge in [0.05, 0.1) is 6.04 Å². The Kier molecular flexibility index (Phi) is 3.10. The fourth-order valence-electron chi connectivity index (χ4n) is 1.70. The van der Waals surface area contributed by atoms with Gasteiger partial charge in [-0.15, -0.1) is 0 Å². The highest BCUT2D eigenvalue weighted by Gasteiger charge is 2.19. The third kappa shape index (κ3) is 2.02. The SMILES string of the molecule is CCN[C@H](C)C(=O)c1ccc2c(c1)OCO2. The molecule has 0 spiro atoms. The zero-order valence-corrected chi connectivity index (χ0v) is 9.45. The van der Waals surface area contributed by atoms with Crippen molar-refractivity contribution in [2.24, 2.45) is 0 Å². The molecule has 1 aromatic rings. The predicted octanol–water partition coefficient (Wildman–Crippen LogP) is 1.60. The molecule has 4 heteroatoms. The molecular weight excluding hydrogens is 206 g/mol. The van der Waals surface area contributed by atoms with Crippen LogP contribution in [0.15, 0.2) is 18.2 Å². The number of carbonyl (C=O) groups is 1. The van der Waals surface area contributed by atoms with E-state index in [2.05, 4.69) is 5.32 Å². The molecule has 1 aromatic carbocycles. The molecule has 16 heavy (non-hydrogen) atoms. The summed E-state index contributed by atoms with van der Waals surface area (Å²) in [5, 5.41) is 3.09. The summed E-state index contributed by atoms with van der Waals surface area (Å²) in [7, 11) is 0. The minimum absolute atomic E-state index is 0.0696. The van der Waals surface area contributed by atoms with Crippen LogP contribution in [0.5, 0.6) is 11.5 Å². The molecule has 0 fully saturated rings. The number of carbonyl (C=O) groups excluding carboxylic acids is 1. The molecule has 86 valence electrons. The van der Waals surface area contributed by atoms with E-state index in [9.17, 15) is 4.79 Å². The highest BCUT2D eigenvalue weighted by Crippen LogP contribution is 2.32. The van der Waals surface area contributed by atoms with E-state index in [4.69, 9.17) is 9.47 Å². The molecule has 0 bridgehead atoms. The summed E-state index contributed by atoms with van der Waals surface area (Å²) in [6, 6.07) is 5.10. The second-order valence-corrected chi connectivity index (χ2v) is 3.71. The molecule has 1 aliphatic heterocycles. The van der Waals surface area contributed by atoms with Crippen LogP contribution >= 0.6 is 0 Å². The average Bonchev–Trinajstić information content (AvgIpc) is 2.75. The van der Waals surface area contributed by atoms with Gasteiger partial charge >= 0.3 is 0 Å². The van der Waals surface area contributed by atoms with E-state index in [1.165, 1.54) is 0 Å². The van der Waals surface area contributed by atoms with Crippen molar-refractivity contribution >= 4 is 5.78 Å². The first-order valence-corrected chi connectivity index (χ1v) is 5.39. The molecule has 0 unspecified atom stereocenters. The fourth-order valence-corrected chi connectivity index (χ4v) is 1.70. The molecule has 0 radical (unpaired) electrons. The Bertz CT molecular complexity index is 403. The summed E-state index contributed by atoms with van der Waals surface area (Å²) >= 11 is 0. The zero-order valence-electron chi connectivity index (χ0n) is 9.45. The highest BCUT2D eigenvalue weighted by atomic mass is 16.7. The molecular formula is C12H15NO3. The van der Waals surface area contributed by atoms with Crippen LogP contribution in [0.2, 0.25) is 0 Å². The van der Waals surface area contributed by atoms with Crippen molar-refractivity contribution in [3.8, 4) is 11.5 Å². The molecule has 2 rings (SSSR count). The van der Waals surface area contributed by atoms with Gasteiger partial charge in [-0.2, -0.15) is 0 Å². The van der Waals surface area contributed by atoms with Crippen molar-refractivity contribution in [2.75, 3.05) is 13.3 Å². The number of likely N-dealkylation sites (N-methyl/N-ethyl adjacent to an activating group) is 1. The Labute approximate surface area is 94.6 Å². The maximum atomic E-state index is 12.0. The summed E-state index contributed by atoms with van der Waals surface area (Å²) < 4.78 is 10.4. The third-order valence-electron chi connectivity index (χ3n) is 2.56. The fraction of sp³-hybridized carbons (Fsp3) is 0.417. The number of ketones is 1. The molecule has 1 heterocycles. The van der Waals surface area contributed by atoms with Gasteiger partial charge in [0.1, 0.15) is 0 Å². The number of Topliss-reactive ketones (excluding diaryl/α,β-unsaturated/α-hetero) is 1. The van der Waals surface area contributed by atoms with Crippen molar-refractivity contribution < 1.29 is 14.3 Å². The lowest BCUT2D eigenvalue weighted by atomic mass is 10.0. The summed E-state index contributed by atoms with van der Waals surface area (Å²) in [4.78, 5) is 12.0. The summed E-state index contributed by atoms with van der Waals surface area (Å²) in [5.74, 6) is 1.42. The molecule has 4 nitrogen and oxygen atoms in total. The molecule has 0 aromatic heterocycles. The number of benzene rings is 1. The Hall–Kier alpha value is -1.55. The van der Waals surface area contributed by atoms with Gasteiger partial charge in [0.2, 0.25) is 6.79 Å². The van der Waals surface area contributed by atoms with Crippen LogP contribution in [0.4, 0.5) is 0 Å². The largest absolute Gasteiger partial charge is 0.454 e. The molecule has 1 aliphatic rings. The molecule has 0 amide bonds. The monoisotopic (exact) mass is 221 g/mol. The van der Waals surface area contributed by atoms with Gasteiger partial charge in [0.15, 0.2) is 17.3 Å². The van der Waals surface area contributed by atoms with Crippen LogP contribution in [0.1, 0.15) is 24.2 Å². The quantitative estimate of drug-likeness (QED) is 0.784. The van der Waals surface area contributed by atoms with Crippen molar-refractivity contribution in [3.05, 3.63) is 23.8 Å². The summed E-state index contributed by atoms with van der Waals surface area (Å²) in [6.45, 7) is 4.84. The van der Waals surface area contributed by atoms with Gasteiger partial charge < -0.3 is 14.8 Å². The van der Waals surface area contributed by atoms with Crippen LogP contribution in [-0.2, 0) is 0 Å². The first kappa shape index (κ1) is 11.0. The van der Waals surface area contributed by atoms with Crippen molar-refractivity contribution in [1.29, 1.82) is 0 Å². The normalized spacial score (nSPS) is 14.9. The van der Waals surface area contributed by atoms with Gasteiger partial charge in [0, 0.05) is 5.56 Å². The van der Waals surface area contributed by atoms with Crippen molar-refractivity contribution in [1.82, 2.24) is 5.32 Å². The number of ether oxygens (including phenoxy) is 2. The average molecular weight is 221 g/mol. The van der Waals surface area contributed by atoms with Gasteiger partial charge in [-0.25, -0.2) is 0 Å². The van der Waals surface area contributed by atoms with Crippen LogP contribution in [0.25, 0.3) is 0 Å². The highest BCUT2D eigenvalue weighted by molar-refractivity contribution is 6.00. The van der Waals surface area contributed by atoms with E-state index in [-0.39, 0.29) is 18.6 Å². The smallest absolute Gasteiger partial charge is 0.231 e. The Balaban J connectivity index is 2.18. The summed E-state index contributed by atoms with van der Waals surface area (Å²) in [6.07, 6.45) is 0. The second kappa shape index (κ2) is 4.53. The van der Waals surface area contributed by atoms with E-state index < -0.39 is 0 Å². The van der Waals surface area contributed by atoms with Gasteiger partial charge in [-0.1, -0.05) is 6.92 Å². The van der Waals surface area contributed by atoms with Crippen LogP contribution in [0.3, 0.4) is 0 Å². The maximum absolute atomic E-state index is 12.0. The standard InChI is InChI=1S/C12H15NO3/c1-3-13-8(2)12(14)9-4-5-10-11(6-9)16-7-15-10/h4-6,8,13H,3,7H2,1-2H3/t8-/m1/s1. The second-order valence-electron chi connectivity index (χ2n) is 3.71. The van der Waals surface area contributed by atoms with E-state index in [0.717, 1.165) is 6.54 Å². The van der Waals surface area contributed by atoms with E-state index >= 15 is 0 Å². The van der Waals surface area contributed by atoms with Crippen molar-refractivity contribution in [3.63, 3.8) is 0 Å². The number of nitrogens with one attached hydrogen (secondary N) is 1. The third-order valence-corrected chi connectivity index (χ3v) is 2.56. The molecule has 0 aliphatic carbocycles. The van der Waals surface area contributed by atoms with E-state index in [1.54, 1.807) is 18.2 Å². The van der Waals surface area contributed by atoms with E-state index in [0.29, 0.717) is 17.1 Å². The lowest BCUT2D eigenvalue weighted by Crippen LogP contribution is -2.33. The lowest BCUT2D eigenvalue weighted by Gasteiger charge is -2.11. The first-order valence-electron chi connectivity index (χ1n) is 5.39. The zero-order chi connectivity index (χ0) is 11.5. The molecule has 0 saturated heterocycles. The number of rotatable bonds is 4. The van der Waals surface area contributed by atoms with E-state index in [1.807, 2.05) is 13.8 Å². The van der Waals surface area contributed by atoms with Crippen molar-refractivity contribution in [2.45, 2.75) is 19.9 Å². The van der Waals surface area contributed by atoms with Crippen LogP contribution in [0, 0.1) is 0 Å². The maximum Gasteiger partial charge on any atom is 0.231 e. The molecule has 1 N–H and O–H groups in total. The van der Waals surface area contributed by atoms with Gasteiger partial charge in [-0.05, 0) is 31.7 Å². The van der Waals surface area contributed by atoms with Gasteiger partial charge in [0.25, 0.3) is 0 Å². The van der Waals surface area contributed by atoms with Crippen LogP contribution < -0.4 is 14.8 Å². The topological polar surface area (TPSA) is 47.6 Å². The van der Waals surface area contributed by atoms with Gasteiger partial charge in [-0.3, -0.25) is 4.79 Å². The Morgan fingerprint density at radius 3 is 2.94 bits per heavy atom. The number of fused-ring (bicyclic) bond motifs is 1. The number of hydrogen-bond donors (Lipinski definition) is 1. The lowest BCUT2D eigenvalue weighted by molar-refractivity contribution is 0.0951. The minimum atomic E-state index is -0.176. The molecule has 1 atom stereocenters. The summed E-state index contributed by atoms with van der Waals surface area (Å²) in [5.41, 5.74) is 0.651. The van der Waals surface area contributed by atoms with Crippen LogP contribution in [-0.4, -0.2) is 25.2 Å². The molecule has 0 saturated carbocycles. The first-order chi connectivity index (χ1) is 7.72. The number of hydrogen-bond acceptors (Lipinski definition) is 4. The Morgan fingerprint density at radius 2 is 2.19 bits per heavy atom. The minimum Gasteiger partial charge on any atom is -0.454 e.